The number of hydrogen-bond donors (Lipinski definition) is 2. The second kappa shape index (κ2) is 7.48. The van der Waals surface area contributed by atoms with Gasteiger partial charge in [0.05, 0.1) is 11.7 Å². The number of nitrogens with zero attached hydrogens (tertiary/aromatic N) is 1. The second-order valence-corrected chi connectivity index (χ2v) is 10.6. The SMILES string of the molecule is CS(=O)(=O)Nc1cccc(C2(C(=O)Nc3nccs3)CC2C2CCCCC2)c1. The fourth-order valence-corrected chi connectivity index (χ4v) is 5.76. The van der Waals surface area contributed by atoms with Gasteiger partial charge in [-0.3, -0.25) is 9.52 Å². The Bertz CT molecular complexity index is 953. The van der Waals surface area contributed by atoms with E-state index in [-0.39, 0.29) is 5.91 Å². The number of carbonyl (C=O) groups excluding carboxylic acids is 1. The van der Waals surface area contributed by atoms with Crippen LogP contribution >= 0.6 is 11.3 Å². The molecule has 1 aromatic carbocycles. The van der Waals surface area contributed by atoms with Crippen LogP contribution in [0.2, 0.25) is 0 Å². The number of aromatic nitrogens is 1. The van der Waals surface area contributed by atoms with Gasteiger partial charge < -0.3 is 5.32 Å². The van der Waals surface area contributed by atoms with Crippen LogP contribution in [-0.4, -0.2) is 25.6 Å². The quantitative estimate of drug-likeness (QED) is 0.741. The van der Waals surface area contributed by atoms with E-state index in [9.17, 15) is 13.2 Å². The van der Waals surface area contributed by atoms with Crippen molar-refractivity contribution in [1.82, 2.24) is 4.98 Å². The first-order chi connectivity index (χ1) is 13.4. The van der Waals surface area contributed by atoms with E-state index >= 15 is 0 Å². The van der Waals surface area contributed by atoms with Crippen molar-refractivity contribution in [2.75, 3.05) is 16.3 Å². The van der Waals surface area contributed by atoms with Gasteiger partial charge in [-0.05, 0) is 36.0 Å². The highest BCUT2D eigenvalue weighted by Gasteiger charge is 2.63. The topological polar surface area (TPSA) is 88.2 Å². The maximum atomic E-state index is 13.4. The minimum Gasteiger partial charge on any atom is -0.301 e. The number of amides is 1. The number of benzene rings is 1. The van der Waals surface area contributed by atoms with E-state index in [2.05, 4.69) is 15.0 Å². The molecule has 8 heteroatoms. The van der Waals surface area contributed by atoms with Gasteiger partial charge in [-0.15, -0.1) is 11.3 Å². The number of rotatable bonds is 6. The Balaban J connectivity index is 1.66. The highest BCUT2D eigenvalue weighted by atomic mass is 32.2. The molecule has 2 N–H and O–H groups in total. The Hall–Kier alpha value is -1.93. The predicted molar refractivity (Wildman–Crippen MR) is 112 cm³/mol. The lowest BCUT2D eigenvalue weighted by atomic mass is 9.80. The fourth-order valence-electron chi connectivity index (χ4n) is 4.69. The van der Waals surface area contributed by atoms with Crippen molar-refractivity contribution in [2.24, 2.45) is 11.8 Å². The van der Waals surface area contributed by atoms with Gasteiger partial charge in [0.25, 0.3) is 0 Å². The maximum absolute atomic E-state index is 13.4. The largest absolute Gasteiger partial charge is 0.301 e. The maximum Gasteiger partial charge on any atom is 0.237 e. The minimum atomic E-state index is -3.37. The van der Waals surface area contributed by atoms with Gasteiger partial charge in [-0.25, -0.2) is 13.4 Å². The van der Waals surface area contributed by atoms with Crippen molar-refractivity contribution in [3.05, 3.63) is 41.4 Å². The van der Waals surface area contributed by atoms with E-state index in [1.54, 1.807) is 12.3 Å². The summed E-state index contributed by atoms with van der Waals surface area (Å²) in [5.74, 6) is 0.804. The summed E-state index contributed by atoms with van der Waals surface area (Å²) < 4.78 is 25.8. The molecule has 1 amide bonds. The predicted octanol–water partition coefficient (Wildman–Crippen LogP) is 3.99. The standard InChI is InChI=1S/C20H25N3O3S2/c1-28(25,26)23-16-9-5-8-15(12-16)20(18(24)22-19-21-10-11-27-19)13-17(20)14-6-3-2-4-7-14/h5,8-12,14,17,23H,2-4,6-7,13H2,1H3,(H,21,22,24). The molecule has 2 unspecified atom stereocenters. The molecule has 2 saturated carbocycles. The molecule has 0 aliphatic heterocycles. The van der Waals surface area contributed by atoms with Crippen LogP contribution < -0.4 is 10.0 Å². The molecule has 0 spiro atoms. The molecule has 6 nitrogen and oxygen atoms in total. The van der Waals surface area contributed by atoms with E-state index < -0.39 is 15.4 Å². The van der Waals surface area contributed by atoms with Crippen molar-refractivity contribution in [1.29, 1.82) is 0 Å². The molecular formula is C20H25N3O3S2. The van der Waals surface area contributed by atoms with Crippen molar-refractivity contribution < 1.29 is 13.2 Å². The molecular weight excluding hydrogens is 394 g/mol. The van der Waals surface area contributed by atoms with Crippen molar-refractivity contribution in [2.45, 2.75) is 43.9 Å². The van der Waals surface area contributed by atoms with Crippen LogP contribution in [0.4, 0.5) is 10.8 Å². The second-order valence-electron chi connectivity index (χ2n) is 7.93. The van der Waals surface area contributed by atoms with Gasteiger partial charge >= 0.3 is 0 Å². The molecule has 28 heavy (non-hydrogen) atoms. The van der Waals surface area contributed by atoms with Crippen LogP contribution in [-0.2, 0) is 20.2 Å². The Labute approximate surface area is 169 Å². The highest BCUT2D eigenvalue weighted by molar-refractivity contribution is 7.92. The zero-order valence-electron chi connectivity index (χ0n) is 15.8. The molecule has 2 fully saturated rings. The van der Waals surface area contributed by atoms with Gasteiger partial charge in [0.15, 0.2) is 5.13 Å². The Kier molecular flexibility index (Phi) is 5.18. The monoisotopic (exact) mass is 419 g/mol. The summed E-state index contributed by atoms with van der Waals surface area (Å²) in [4.78, 5) is 17.6. The van der Waals surface area contributed by atoms with Crippen molar-refractivity contribution in [3.8, 4) is 0 Å². The number of nitrogens with one attached hydrogen (secondary N) is 2. The third kappa shape index (κ3) is 3.93. The third-order valence-electron chi connectivity index (χ3n) is 5.97. The van der Waals surface area contributed by atoms with E-state index in [0.717, 1.165) is 31.1 Å². The molecule has 2 aromatic rings. The molecule has 0 saturated heterocycles. The summed E-state index contributed by atoms with van der Waals surface area (Å²) >= 11 is 1.40. The summed E-state index contributed by atoms with van der Waals surface area (Å²) in [5, 5.41) is 5.43. The number of hydrogen-bond acceptors (Lipinski definition) is 5. The smallest absolute Gasteiger partial charge is 0.237 e. The molecule has 0 bridgehead atoms. The average Bonchev–Trinajstić information content (AvgIpc) is 3.23. The van der Waals surface area contributed by atoms with Crippen LogP contribution in [0.5, 0.6) is 0 Å². The van der Waals surface area contributed by atoms with E-state index in [0.29, 0.717) is 22.7 Å². The average molecular weight is 420 g/mol. The first kappa shape index (κ1) is 19.4. The number of sulfonamides is 1. The zero-order chi connectivity index (χ0) is 19.8. The van der Waals surface area contributed by atoms with Crippen LogP contribution in [0.15, 0.2) is 35.8 Å². The normalized spacial score (nSPS) is 25.2. The number of carbonyl (C=O) groups is 1. The van der Waals surface area contributed by atoms with Crippen molar-refractivity contribution >= 4 is 38.1 Å². The Morgan fingerprint density at radius 2 is 2.04 bits per heavy atom. The lowest BCUT2D eigenvalue weighted by molar-refractivity contribution is -0.119. The summed E-state index contributed by atoms with van der Waals surface area (Å²) in [5.41, 5.74) is 0.768. The van der Waals surface area contributed by atoms with Crippen molar-refractivity contribution in [3.63, 3.8) is 0 Å². The highest BCUT2D eigenvalue weighted by Crippen LogP contribution is 2.61. The summed E-state index contributed by atoms with van der Waals surface area (Å²) in [6.07, 6.45) is 9.66. The number of thiazole rings is 1. The fraction of sp³-hybridized carbons (Fsp3) is 0.500. The van der Waals surface area contributed by atoms with Gasteiger partial charge in [0.1, 0.15) is 0 Å². The summed E-state index contributed by atoms with van der Waals surface area (Å²) in [6.45, 7) is 0. The van der Waals surface area contributed by atoms with E-state index in [1.165, 1.54) is 30.6 Å². The zero-order valence-corrected chi connectivity index (χ0v) is 17.5. The number of anilines is 2. The molecule has 1 heterocycles. The Morgan fingerprint density at radius 3 is 2.71 bits per heavy atom. The summed E-state index contributed by atoms with van der Waals surface area (Å²) in [6, 6.07) is 7.29. The molecule has 150 valence electrons. The van der Waals surface area contributed by atoms with E-state index in [4.69, 9.17) is 0 Å². The van der Waals surface area contributed by atoms with Gasteiger partial charge in [0, 0.05) is 17.3 Å². The lowest BCUT2D eigenvalue weighted by Gasteiger charge is -2.26. The molecule has 2 atom stereocenters. The molecule has 2 aliphatic rings. The Morgan fingerprint density at radius 1 is 1.25 bits per heavy atom. The van der Waals surface area contributed by atoms with Crippen LogP contribution in [0.3, 0.4) is 0 Å². The van der Waals surface area contributed by atoms with Crippen LogP contribution in [0.1, 0.15) is 44.1 Å². The molecule has 1 aromatic heterocycles. The first-order valence-electron chi connectivity index (χ1n) is 9.68. The van der Waals surface area contributed by atoms with Gasteiger partial charge in [0.2, 0.25) is 15.9 Å². The van der Waals surface area contributed by atoms with Crippen LogP contribution in [0, 0.1) is 11.8 Å². The summed E-state index contributed by atoms with van der Waals surface area (Å²) in [7, 11) is -3.37. The van der Waals surface area contributed by atoms with E-state index in [1.807, 2.05) is 23.6 Å². The molecule has 2 aliphatic carbocycles. The molecule has 0 radical (unpaired) electrons. The van der Waals surface area contributed by atoms with Gasteiger partial charge in [-0.2, -0.15) is 0 Å². The lowest BCUT2D eigenvalue weighted by Crippen LogP contribution is -2.32. The first-order valence-corrected chi connectivity index (χ1v) is 12.4. The third-order valence-corrected chi connectivity index (χ3v) is 7.27. The van der Waals surface area contributed by atoms with Gasteiger partial charge in [-0.1, -0.05) is 44.2 Å². The minimum absolute atomic E-state index is 0.0328. The molecule has 4 rings (SSSR count). The van der Waals surface area contributed by atoms with Crippen LogP contribution in [0.25, 0.3) is 0 Å².